The summed E-state index contributed by atoms with van der Waals surface area (Å²) in [6.45, 7) is 0. The van der Waals surface area contributed by atoms with E-state index in [-0.39, 0.29) is 0 Å². The molecule has 1 saturated carbocycles. The molecule has 0 spiro atoms. The normalized spacial score (nSPS) is 13.2. The predicted molar refractivity (Wildman–Crippen MR) is 221 cm³/mol. The minimum Gasteiger partial charge on any atom is -0.456 e. The predicted octanol–water partition coefficient (Wildman–Crippen LogP) is 13.4. The third-order valence-corrected chi connectivity index (χ3v) is 10.9. The third kappa shape index (κ3) is 6.06. The minimum absolute atomic E-state index is 0.597. The summed E-state index contributed by atoms with van der Waals surface area (Å²) in [5, 5.41) is 2.20. The Morgan fingerprint density at radius 2 is 0.870 bits per heavy atom. The molecule has 0 amide bonds. The average molecular weight is 696 g/mol. The zero-order valence-electron chi connectivity index (χ0n) is 29.8. The Morgan fingerprint density at radius 1 is 0.389 bits per heavy atom. The first kappa shape index (κ1) is 32.0. The highest BCUT2D eigenvalue weighted by atomic mass is 16.3. The van der Waals surface area contributed by atoms with E-state index >= 15 is 0 Å². The second kappa shape index (κ2) is 13.7. The second-order valence-corrected chi connectivity index (χ2v) is 14.3. The summed E-state index contributed by atoms with van der Waals surface area (Å²) in [6.07, 6.45) is 5.28. The number of hydrogen-bond acceptors (Lipinski definition) is 4. The fraction of sp³-hybridized carbons (Fsp3) is 0.100. The molecule has 0 N–H and O–H groups in total. The molecule has 0 aliphatic heterocycles. The molecule has 2 aromatic heterocycles. The molecule has 1 fully saturated rings. The molecule has 1 aliphatic rings. The van der Waals surface area contributed by atoms with Crippen LogP contribution in [0.4, 0.5) is 0 Å². The van der Waals surface area contributed by atoms with Gasteiger partial charge < -0.3 is 4.42 Å². The van der Waals surface area contributed by atoms with Crippen LogP contribution in [0.15, 0.2) is 174 Å². The van der Waals surface area contributed by atoms with Crippen molar-refractivity contribution in [3.8, 4) is 67.5 Å². The first-order chi connectivity index (χ1) is 26.7. The first-order valence-electron chi connectivity index (χ1n) is 18.9. The lowest BCUT2D eigenvalue weighted by atomic mass is 9.93. The van der Waals surface area contributed by atoms with Gasteiger partial charge in [0.25, 0.3) is 0 Å². The molecule has 54 heavy (non-hydrogen) atoms. The zero-order valence-corrected chi connectivity index (χ0v) is 29.8. The van der Waals surface area contributed by atoms with Crippen LogP contribution in [0, 0.1) is 0 Å². The Kier molecular flexibility index (Phi) is 8.14. The molecule has 1 aliphatic carbocycles. The number of fused-ring (bicyclic) bond motifs is 3. The van der Waals surface area contributed by atoms with Crippen molar-refractivity contribution in [2.45, 2.75) is 31.6 Å². The fourth-order valence-corrected chi connectivity index (χ4v) is 8.05. The van der Waals surface area contributed by atoms with E-state index < -0.39 is 0 Å². The van der Waals surface area contributed by atoms with Gasteiger partial charge >= 0.3 is 0 Å². The van der Waals surface area contributed by atoms with E-state index in [0.717, 1.165) is 49.8 Å². The van der Waals surface area contributed by atoms with Crippen molar-refractivity contribution in [1.82, 2.24) is 15.0 Å². The molecule has 0 saturated heterocycles. The molecular weight excluding hydrogens is 659 g/mol. The molecule has 0 atom stereocenters. The van der Waals surface area contributed by atoms with E-state index in [2.05, 4.69) is 158 Å². The molecule has 4 heteroatoms. The van der Waals surface area contributed by atoms with Gasteiger partial charge in [0.15, 0.2) is 17.5 Å². The van der Waals surface area contributed by atoms with E-state index in [1.165, 1.54) is 53.5 Å². The van der Waals surface area contributed by atoms with Gasteiger partial charge in [0, 0.05) is 27.5 Å². The highest BCUT2D eigenvalue weighted by molar-refractivity contribution is 6.13. The zero-order chi connectivity index (χ0) is 35.8. The summed E-state index contributed by atoms with van der Waals surface area (Å²) in [5.74, 6) is 2.53. The SMILES string of the molecule is c1ccc(-c2ccc(-c3nc(-c4ccc(-c5ccccc5)cc4)nc(-c4ccc5c(c4)oc4cccc(-c6ccc(C7CCCC7)cc6)c45)n3)cc2)cc1. The Labute approximate surface area is 314 Å². The van der Waals surface area contributed by atoms with Crippen molar-refractivity contribution >= 4 is 21.9 Å². The second-order valence-electron chi connectivity index (χ2n) is 14.3. The van der Waals surface area contributed by atoms with Gasteiger partial charge in [0.1, 0.15) is 11.2 Å². The monoisotopic (exact) mass is 695 g/mol. The number of aromatic nitrogens is 3. The highest BCUT2D eigenvalue weighted by Gasteiger charge is 2.19. The molecule has 4 nitrogen and oxygen atoms in total. The number of furan rings is 1. The van der Waals surface area contributed by atoms with E-state index in [0.29, 0.717) is 23.4 Å². The van der Waals surface area contributed by atoms with Crippen molar-refractivity contribution in [3.63, 3.8) is 0 Å². The fourth-order valence-electron chi connectivity index (χ4n) is 8.05. The number of hydrogen-bond donors (Lipinski definition) is 0. The standard InChI is InChI=1S/C50H37N3O/c1-3-10-33(11-4-1)37-20-26-40(27-21-37)48-51-49(41-28-22-38(23-29-41)34-12-5-2-6-13-34)53-50(52-48)42-30-31-44-46(32-42)54-45-17-9-16-43(47(44)45)39-24-18-36(19-25-39)35-14-7-8-15-35/h1-6,9-13,16-32,35H,7-8,14-15H2. The lowest BCUT2D eigenvalue weighted by Gasteiger charge is -2.11. The van der Waals surface area contributed by atoms with Gasteiger partial charge in [-0.1, -0.05) is 165 Å². The Balaban J connectivity index is 1.05. The maximum Gasteiger partial charge on any atom is 0.164 e. The summed E-state index contributed by atoms with van der Waals surface area (Å²) in [6, 6.07) is 59.6. The quantitative estimate of drug-likeness (QED) is 0.167. The van der Waals surface area contributed by atoms with Gasteiger partial charge in [0.2, 0.25) is 0 Å². The van der Waals surface area contributed by atoms with Gasteiger partial charge in [-0.2, -0.15) is 0 Å². The van der Waals surface area contributed by atoms with Crippen molar-refractivity contribution in [3.05, 3.63) is 175 Å². The topological polar surface area (TPSA) is 51.8 Å². The molecule has 0 unspecified atom stereocenters. The molecule has 7 aromatic carbocycles. The van der Waals surface area contributed by atoms with Gasteiger partial charge in [-0.25, -0.2) is 15.0 Å². The largest absolute Gasteiger partial charge is 0.456 e. The molecule has 2 heterocycles. The van der Waals surface area contributed by atoms with Crippen LogP contribution in [0.2, 0.25) is 0 Å². The van der Waals surface area contributed by atoms with Crippen LogP contribution >= 0.6 is 0 Å². The van der Waals surface area contributed by atoms with E-state index in [9.17, 15) is 0 Å². The molecule has 258 valence electrons. The van der Waals surface area contributed by atoms with Crippen LogP contribution in [0.3, 0.4) is 0 Å². The van der Waals surface area contributed by atoms with Gasteiger partial charge in [-0.15, -0.1) is 0 Å². The minimum atomic E-state index is 0.597. The maximum atomic E-state index is 6.55. The maximum absolute atomic E-state index is 6.55. The van der Waals surface area contributed by atoms with Crippen LogP contribution in [-0.2, 0) is 0 Å². The summed E-state index contributed by atoms with van der Waals surface area (Å²) >= 11 is 0. The number of nitrogens with zero attached hydrogens (tertiary/aromatic N) is 3. The van der Waals surface area contributed by atoms with Crippen molar-refractivity contribution in [2.24, 2.45) is 0 Å². The first-order valence-corrected chi connectivity index (χ1v) is 18.9. The third-order valence-electron chi connectivity index (χ3n) is 10.9. The highest BCUT2D eigenvalue weighted by Crippen LogP contribution is 2.40. The molecule has 0 radical (unpaired) electrons. The van der Waals surface area contributed by atoms with Gasteiger partial charge in [-0.3, -0.25) is 0 Å². The van der Waals surface area contributed by atoms with Crippen molar-refractivity contribution < 1.29 is 4.42 Å². The summed E-state index contributed by atoms with van der Waals surface area (Å²) in [4.78, 5) is 15.2. The Morgan fingerprint density at radius 3 is 1.44 bits per heavy atom. The van der Waals surface area contributed by atoms with Gasteiger partial charge in [-0.05, 0) is 75.9 Å². The smallest absolute Gasteiger partial charge is 0.164 e. The van der Waals surface area contributed by atoms with Crippen LogP contribution in [0.1, 0.15) is 37.2 Å². The van der Waals surface area contributed by atoms with E-state index in [1.807, 2.05) is 12.1 Å². The van der Waals surface area contributed by atoms with Gasteiger partial charge in [0.05, 0.1) is 0 Å². The van der Waals surface area contributed by atoms with Crippen molar-refractivity contribution in [2.75, 3.05) is 0 Å². The van der Waals surface area contributed by atoms with Crippen LogP contribution < -0.4 is 0 Å². The molecule has 9 aromatic rings. The average Bonchev–Trinajstić information content (AvgIpc) is 3.93. The molecular formula is C50H37N3O. The van der Waals surface area contributed by atoms with Crippen LogP contribution in [0.5, 0.6) is 0 Å². The Hall–Kier alpha value is -6.65. The van der Waals surface area contributed by atoms with Crippen molar-refractivity contribution in [1.29, 1.82) is 0 Å². The molecule has 0 bridgehead atoms. The lowest BCUT2D eigenvalue weighted by molar-refractivity contribution is 0.669. The summed E-state index contributed by atoms with van der Waals surface area (Å²) < 4.78 is 6.55. The Bertz CT molecular complexity index is 2630. The van der Waals surface area contributed by atoms with Crippen LogP contribution in [0.25, 0.3) is 89.5 Å². The lowest BCUT2D eigenvalue weighted by Crippen LogP contribution is -2.00. The summed E-state index contributed by atoms with van der Waals surface area (Å²) in [5.41, 5.74) is 12.9. The van der Waals surface area contributed by atoms with Crippen LogP contribution in [-0.4, -0.2) is 15.0 Å². The molecule has 10 rings (SSSR count). The summed E-state index contributed by atoms with van der Waals surface area (Å²) in [7, 11) is 0. The number of benzene rings is 7. The number of rotatable bonds is 7. The van der Waals surface area contributed by atoms with E-state index in [4.69, 9.17) is 19.4 Å². The van der Waals surface area contributed by atoms with E-state index in [1.54, 1.807) is 0 Å².